The standard InChI is InChI=1S/C18H33/c1-3-5-7-9-11-13-15-17-18-16-14-12-10-8-6-4-2/h13-16H,1,3-12,17-18H2,2H3. The quantitative estimate of drug-likeness (QED) is 0.254. The third kappa shape index (κ3) is 15.5. The Morgan fingerprint density at radius 1 is 0.611 bits per heavy atom. The van der Waals surface area contributed by atoms with Crippen LogP contribution in [-0.4, -0.2) is 0 Å². The highest BCUT2D eigenvalue weighted by molar-refractivity contribution is 4.88. The predicted molar refractivity (Wildman–Crippen MR) is 84.7 cm³/mol. The topological polar surface area (TPSA) is 0 Å². The summed E-state index contributed by atoms with van der Waals surface area (Å²) in [6, 6.07) is 0. The predicted octanol–water partition coefficient (Wildman–Crippen LogP) is 6.63. The molecular formula is C18H33. The first-order valence-corrected chi connectivity index (χ1v) is 8.01. The first kappa shape index (κ1) is 17.5. The Balaban J connectivity index is 3.13. The highest BCUT2D eigenvalue weighted by Crippen LogP contribution is 2.05. The Morgan fingerprint density at radius 3 is 1.61 bits per heavy atom. The fourth-order valence-corrected chi connectivity index (χ4v) is 1.97. The van der Waals surface area contributed by atoms with Gasteiger partial charge in [0, 0.05) is 0 Å². The average Bonchev–Trinajstić information content (AvgIpc) is 2.39. The monoisotopic (exact) mass is 249 g/mol. The molecule has 0 fully saturated rings. The lowest BCUT2D eigenvalue weighted by atomic mass is 10.1. The molecule has 0 aromatic rings. The van der Waals surface area contributed by atoms with Crippen LogP contribution in [0.15, 0.2) is 24.3 Å². The number of hydrogen-bond donors (Lipinski definition) is 0. The summed E-state index contributed by atoms with van der Waals surface area (Å²) in [7, 11) is 0. The molecule has 0 nitrogen and oxygen atoms in total. The third-order valence-electron chi connectivity index (χ3n) is 3.18. The highest BCUT2D eigenvalue weighted by atomic mass is 13.9. The van der Waals surface area contributed by atoms with Gasteiger partial charge >= 0.3 is 0 Å². The van der Waals surface area contributed by atoms with Gasteiger partial charge in [-0.3, -0.25) is 0 Å². The molecule has 0 unspecified atom stereocenters. The molecule has 0 saturated carbocycles. The molecule has 105 valence electrons. The van der Waals surface area contributed by atoms with E-state index < -0.39 is 0 Å². The molecular weight excluding hydrogens is 216 g/mol. The van der Waals surface area contributed by atoms with Gasteiger partial charge in [0.1, 0.15) is 0 Å². The van der Waals surface area contributed by atoms with E-state index in [2.05, 4.69) is 38.2 Å². The zero-order valence-corrected chi connectivity index (χ0v) is 12.5. The van der Waals surface area contributed by atoms with E-state index in [1.54, 1.807) is 0 Å². The van der Waals surface area contributed by atoms with E-state index in [4.69, 9.17) is 0 Å². The first-order chi connectivity index (χ1) is 8.91. The molecule has 18 heavy (non-hydrogen) atoms. The average molecular weight is 249 g/mol. The second-order valence-electron chi connectivity index (χ2n) is 5.07. The molecule has 0 aliphatic heterocycles. The number of allylic oxidation sites excluding steroid dienone is 4. The van der Waals surface area contributed by atoms with Crippen molar-refractivity contribution in [1.82, 2.24) is 0 Å². The van der Waals surface area contributed by atoms with Crippen molar-refractivity contribution >= 4 is 0 Å². The van der Waals surface area contributed by atoms with Crippen LogP contribution in [0.3, 0.4) is 0 Å². The summed E-state index contributed by atoms with van der Waals surface area (Å²) >= 11 is 0. The minimum Gasteiger partial charge on any atom is -0.0885 e. The van der Waals surface area contributed by atoms with Crippen LogP contribution in [0, 0.1) is 6.92 Å². The molecule has 0 heteroatoms. The van der Waals surface area contributed by atoms with Gasteiger partial charge in [0.2, 0.25) is 0 Å². The zero-order valence-electron chi connectivity index (χ0n) is 12.5. The minimum atomic E-state index is 1.09. The summed E-state index contributed by atoms with van der Waals surface area (Å²) in [4.78, 5) is 0. The Kier molecular flexibility index (Phi) is 16.0. The van der Waals surface area contributed by atoms with Crippen LogP contribution >= 0.6 is 0 Å². The van der Waals surface area contributed by atoms with Crippen LogP contribution in [0.25, 0.3) is 0 Å². The van der Waals surface area contributed by atoms with Gasteiger partial charge in [-0.1, -0.05) is 76.7 Å². The summed E-state index contributed by atoms with van der Waals surface area (Å²) in [5, 5.41) is 0. The van der Waals surface area contributed by atoms with E-state index >= 15 is 0 Å². The molecule has 0 amide bonds. The van der Waals surface area contributed by atoms with E-state index in [1.807, 2.05) is 0 Å². The molecule has 0 atom stereocenters. The van der Waals surface area contributed by atoms with Crippen LogP contribution in [-0.2, 0) is 0 Å². The van der Waals surface area contributed by atoms with Crippen molar-refractivity contribution in [2.24, 2.45) is 0 Å². The van der Waals surface area contributed by atoms with Crippen molar-refractivity contribution in [2.75, 3.05) is 0 Å². The van der Waals surface area contributed by atoms with Crippen molar-refractivity contribution in [3.63, 3.8) is 0 Å². The Hall–Kier alpha value is -0.520. The van der Waals surface area contributed by atoms with Crippen LogP contribution < -0.4 is 0 Å². The van der Waals surface area contributed by atoms with Gasteiger partial charge in [-0.05, 0) is 38.5 Å². The zero-order chi connectivity index (χ0) is 13.3. The van der Waals surface area contributed by atoms with Crippen LogP contribution in [0.5, 0.6) is 0 Å². The highest BCUT2D eigenvalue weighted by Gasteiger charge is 1.85. The molecule has 0 spiro atoms. The van der Waals surface area contributed by atoms with Crippen molar-refractivity contribution < 1.29 is 0 Å². The summed E-state index contributed by atoms with van der Waals surface area (Å²) < 4.78 is 0. The van der Waals surface area contributed by atoms with Crippen molar-refractivity contribution in [3.8, 4) is 0 Å². The molecule has 0 aromatic carbocycles. The van der Waals surface area contributed by atoms with Crippen LogP contribution in [0.2, 0.25) is 0 Å². The van der Waals surface area contributed by atoms with Gasteiger partial charge in [-0.2, -0.15) is 0 Å². The Labute approximate surface area is 116 Å². The molecule has 0 rings (SSSR count). The largest absolute Gasteiger partial charge is 0.0885 e. The molecule has 0 aliphatic rings. The Bertz CT molecular complexity index is 166. The van der Waals surface area contributed by atoms with E-state index in [-0.39, 0.29) is 0 Å². The smallest absolute Gasteiger partial charge is 0.0316 e. The molecule has 0 N–H and O–H groups in total. The van der Waals surface area contributed by atoms with Crippen LogP contribution in [0.1, 0.15) is 84.0 Å². The molecule has 1 radical (unpaired) electrons. The summed E-state index contributed by atoms with van der Waals surface area (Å²) in [6.07, 6.45) is 24.9. The maximum atomic E-state index is 3.86. The van der Waals surface area contributed by atoms with Gasteiger partial charge in [-0.15, -0.1) is 0 Å². The minimum absolute atomic E-state index is 1.09. The maximum Gasteiger partial charge on any atom is -0.0316 e. The van der Waals surface area contributed by atoms with Crippen LogP contribution in [0.4, 0.5) is 0 Å². The lowest BCUT2D eigenvalue weighted by Gasteiger charge is -1.95. The van der Waals surface area contributed by atoms with Crippen molar-refractivity contribution in [2.45, 2.75) is 84.0 Å². The van der Waals surface area contributed by atoms with E-state index in [0.717, 1.165) is 6.42 Å². The molecule has 0 aromatic heterocycles. The summed E-state index contributed by atoms with van der Waals surface area (Å²) in [6.45, 7) is 6.12. The molecule has 0 bridgehead atoms. The van der Waals surface area contributed by atoms with Crippen molar-refractivity contribution in [1.29, 1.82) is 0 Å². The fourth-order valence-electron chi connectivity index (χ4n) is 1.97. The molecule has 0 heterocycles. The van der Waals surface area contributed by atoms with Gasteiger partial charge in [-0.25, -0.2) is 0 Å². The lowest BCUT2D eigenvalue weighted by Crippen LogP contribution is -1.75. The molecule has 0 aliphatic carbocycles. The fraction of sp³-hybridized carbons (Fsp3) is 0.722. The molecule has 0 saturated heterocycles. The van der Waals surface area contributed by atoms with Gasteiger partial charge in [0.15, 0.2) is 0 Å². The summed E-state index contributed by atoms with van der Waals surface area (Å²) in [5.41, 5.74) is 0. The first-order valence-electron chi connectivity index (χ1n) is 8.01. The van der Waals surface area contributed by atoms with Gasteiger partial charge in [0.25, 0.3) is 0 Å². The van der Waals surface area contributed by atoms with E-state index in [9.17, 15) is 0 Å². The normalized spacial score (nSPS) is 11.9. The Morgan fingerprint density at radius 2 is 1.11 bits per heavy atom. The van der Waals surface area contributed by atoms with Gasteiger partial charge in [0.05, 0.1) is 0 Å². The van der Waals surface area contributed by atoms with Gasteiger partial charge < -0.3 is 0 Å². The maximum absolute atomic E-state index is 3.86. The number of unbranched alkanes of at least 4 members (excludes halogenated alkanes) is 9. The second kappa shape index (κ2) is 16.5. The summed E-state index contributed by atoms with van der Waals surface area (Å²) in [5.74, 6) is 0. The van der Waals surface area contributed by atoms with Crippen molar-refractivity contribution in [3.05, 3.63) is 31.2 Å². The van der Waals surface area contributed by atoms with E-state index in [1.165, 1.54) is 70.6 Å². The third-order valence-corrected chi connectivity index (χ3v) is 3.18. The van der Waals surface area contributed by atoms with E-state index in [0.29, 0.717) is 0 Å². The second-order valence-corrected chi connectivity index (χ2v) is 5.07. The number of hydrogen-bond acceptors (Lipinski definition) is 0. The SMILES string of the molecule is [CH2]CCCCCC=CCCC=CCCCCCC. The number of rotatable bonds is 13. The lowest BCUT2D eigenvalue weighted by molar-refractivity contribution is 0.674.